The zero-order chi connectivity index (χ0) is 27.1. The fourth-order valence-electron chi connectivity index (χ4n) is 2.87. The number of hydrogen-bond donors (Lipinski definition) is 8. The zero-order valence-corrected chi connectivity index (χ0v) is 19.6. The van der Waals surface area contributed by atoms with E-state index in [0.717, 1.165) is 0 Å². The lowest BCUT2D eigenvalue weighted by atomic mass is 10.1. The Morgan fingerprint density at radius 2 is 1.63 bits per heavy atom. The van der Waals surface area contributed by atoms with Gasteiger partial charge >= 0.3 is 20.8 Å². The number of hydrogen-bond acceptors (Lipinski definition) is 13. The molecule has 2 aromatic rings. The van der Waals surface area contributed by atoms with E-state index in [4.69, 9.17) is 51.3 Å². The second-order valence-corrected chi connectivity index (χ2v) is 8.79. The maximum Gasteiger partial charge on any atom is 0.394 e. The molecule has 3 heterocycles. The van der Waals surface area contributed by atoms with Crippen molar-refractivity contribution in [3.63, 3.8) is 0 Å². The second-order valence-electron chi connectivity index (χ2n) is 7.00. The summed E-state index contributed by atoms with van der Waals surface area (Å²) in [5.41, 5.74) is 11.7. The Hall–Kier alpha value is -2.60. The highest BCUT2D eigenvalue weighted by Gasteiger charge is 2.44. The first-order valence-corrected chi connectivity index (χ1v) is 12.0. The normalized spacial score (nSPS) is 22.3. The summed E-state index contributed by atoms with van der Waals surface area (Å²) in [7, 11) is -7.56. The van der Waals surface area contributed by atoms with E-state index in [1.807, 2.05) is 0 Å². The van der Waals surface area contributed by atoms with Crippen LogP contribution in [0.15, 0.2) is 12.7 Å². The van der Waals surface area contributed by atoms with E-state index in [2.05, 4.69) is 15.0 Å². The topological polar surface area (TPSA) is 315 Å². The molecule has 1 fully saturated rings. The van der Waals surface area contributed by atoms with Crippen LogP contribution >= 0.6 is 0 Å². The third-order valence-corrected chi connectivity index (χ3v) is 4.23. The van der Waals surface area contributed by atoms with Crippen LogP contribution in [0.3, 0.4) is 0 Å². The number of likely N-dealkylation sites (N-methyl/N-ethyl adjacent to an activating group) is 1. The van der Waals surface area contributed by atoms with Crippen LogP contribution in [0.5, 0.6) is 0 Å². The molecule has 200 valence electrons. The molecule has 4 atom stereocenters. The quantitative estimate of drug-likeness (QED) is 0.163. The van der Waals surface area contributed by atoms with Crippen LogP contribution in [-0.4, -0.2) is 114 Å². The lowest BCUT2D eigenvalue weighted by Crippen LogP contribution is -2.39. The molecule has 1 amide bonds. The number of aliphatic hydroxyl groups excluding tert-OH is 2. The Labute approximate surface area is 198 Å². The Kier molecular flexibility index (Phi) is 10.8. The number of primary amides is 1. The molecule has 0 radical (unpaired) electrons. The van der Waals surface area contributed by atoms with Gasteiger partial charge in [0.05, 0.1) is 6.33 Å². The molecule has 2 aromatic heterocycles. The van der Waals surface area contributed by atoms with Crippen LogP contribution in [0, 0.1) is 0 Å². The first-order chi connectivity index (χ1) is 15.9. The van der Waals surface area contributed by atoms with Crippen LogP contribution in [-0.2, 0) is 30.3 Å². The van der Waals surface area contributed by atoms with E-state index in [1.165, 1.54) is 17.2 Å². The summed E-state index contributed by atoms with van der Waals surface area (Å²) in [4.78, 5) is 24.8. The molecule has 1 aliphatic heterocycles. The van der Waals surface area contributed by atoms with Crippen LogP contribution in [0.4, 0.5) is 5.82 Å². The van der Waals surface area contributed by atoms with Gasteiger partial charge in [-0.3, -0.25) is 27.6 Å². The average molecular weight is 548 g/mol. The van der Waals surface area contributed by atoms with Crippen molar-refractivity contribution < 1.29 is 54.8 Å². The number of ether oxygens (including phenoxy) is 1. The van der Waals surface area contributed by atoms with E-state index < -0.39 is 51.2 Å². The smallest absolute Gasteiger partial charge is 0.387 e. The Balaban J connectivity index is 0.000000519. The number of carbonyl (C=O) groups excluding carboxylic acids is 1. The SMILES string of the molecule is CN(CCC(N)=O)C[C@H]1O[C@@H](n2cnc3c(N)ncnc32)[C@H](O)[C@@H]1O.O=S(=O)(O)O.O=S(=O)(O)O. The molecule has 0 saturated carbocycles. The highest BCUT2D eigenvalue weighted by molar-refractivity contribution is 7.80. The number of imidazole rings is 1. The van der Waals surface area contributed by atoms with Gasteiger partial charge in [0.2, 0.25) is 5.91 Å². The summed E-state index contributed by atoms with van der Waals surface area (Å²) in [6, 6.07) is 0. The minimum Gasteiger partial charge on any atom is -0.387 e. The summed E-state index contributed by atoms with van der Waals surface area (Å²) in [6.45, 7) is 0.756. The van der Waals surface area contributed by atoms with Crippen LogP contribution < -0.4 is 11.5 Å². The van der Waals surface area contributed by atoms with Crippen molar-refractivity contribution in [3.05, 3.63) is 12.7 Å². The maximum absolute atomic E-state index is 10.9. The number of anilines is 1. The monoisotopic (exact) mass is 547 g/mol. The van der Waals surface area contributed by atoms with E-state index in [0.29, 0.717) is 24.3 Å². The summed E-state index contributed by atoms with van der Waals surface area (Å²) in [5.74, 6) is -0.181. The molecule has 0 aromatic carbocycles. The standard InChI is InChI=1S/C14H21N7O4.2H2O4S/c1-20(3-2-8(15)22)4-7-10(23)11(24)14(25-7)21-6-19-9-12(16)17-5-18-13(9)21;2*1-5(2,3)4/h5-7,10-11,14,23-24H,2-4H2,1H3,(H2,15,22)(H2,16,17,18);2*(H2,1,2,3,4)/t7-,10-,11-,14-;;/m1../s1. The number of nitrogen functional groups attached to an aromatic ring is 1. The number of nitrogens with two attached hydrogens (primary N) is 2. The van der Waals surface area contributed by atoms with Crippen molar-refractivity contribution in [2.75, 3.05) is 25.9 Å². The molecule has 1 aliphatic rings. The summed E-state index contributed by atoms with van der Waals surface area (Å²) >= 11 is 0. The molecule has 21 heteroatoms. The van der Waals surface area contributed by atoms with Crippen molar-refractivity contribution in [2.45, 2.75) is 31.0 Å². The van der Waals surface area contributed by atoms with E-state index >= 15 is 0 Å². The van der Waals surface area contributed by atoms with Gasteiger partial charge in [0.1, 0.15) is 30.2 Å². The predicted octanol–water partition coefficient (Wildman–Crippen LogP) is -3.47. The van der Waals surface area contributed by atoms with Gasteiger partial charge in [-0.2, -0.15) is 16.8 Å². The van der Waals surface area contributed by atoms with Crippen molar-refractivity contribution in [3.8, 4) is 0 Å². The fraction of sp³-hybridized carbons (Fsp3) is 0.571. The largest absolute Gasteiger partial charge is 0.394 e. The summed E-state index contributed by atoms with van der Waals surface area (Å²) in [5, 5.41) is 20.7. The van der Waals surface area contributed by atoms with Crippen molar-refractivity contribution in [1.29, 1.82) is 0 Å². The van der Waals surface area contributed by atoms with Gasteiger partial charge in [0.25, 0.3) is 0 Å². The molecular weight excluding hydrogens is 522 g/mol. The number of amides is 1. The zero-order valence-electron chi connectivity index (χ0n) is 17.9. The molecule has 3 rings (SSSR count). The lowest BCUT2D eigenvalue weighted by molar-refractivity contribution is -0.118. The van der Waals surface area contributed by atoms with Gasteiger partial charge in [0.15, 0.2) is 17.7 Å². The maximum atomic E-state index is 10.9. The molecule has 1 saturated heterocycles. The molecule has 19 nitrogen and oxygen atoms in total. The van der Waals surface area contributed by atoms with Gasteiger partial charge in [-0.25, -0.2) is 15.0 Å². The number of rotatable bonds is 6. The number of aliphatic hydroxyl groups is 2. The number of carbonyl (C=O) groups is 1. The minimum absolute atomic E-state index is 0.202. The summed E-state index contributed by atoms with van der Waals surface area (Å²) < 4.78 is 70.5. The van der Waals surface area contributed by atoms with Crippen LogP contribution in [0.2, 0.25) is 0 Å². The molecule has 0 unspecified atom stereocenters. The molecular formula is C14H25N7O12S2. The fourth-order valence-corrected chi connectivity index (χ4v) is 2.87. The molecule has 10 N–H and O–H groups in total. The van der Waals surface area contributed by atoms with Gasteiger partial charge in [-0.15, -0.1) is 0 Å². The van der Waals surface area contributed by atoms with Gasteiger partial charge in [0, 0.05) is 19.5 Å². The lowest BCUT2D eigenvalue weighted by Gasteiger charge is -2.22. The third-order valence-electron chi connectivity index (χ3n) is 4.23. The Morgan fingerprint density at radius 3 is 2.14 bits per heavy atom. The van der Waals surface area contributed by atoms with E-state index in [9.17, 15) is 15.0 Å². The van der Waals surface area contributed by atoms with Crippen LogP contribution in [0.1, 0.15) is 12.6 Å². The molecule has 0 aliphatic carbocycles. The van der Waals surface area contributed by atoms with E-state index in [1.54, 1.807) is 11.9 Å². The molecule has 0 bridgehead atoms. The summed E-state index contributed by atoms with van der Waals surface area (Å²) in [6.07, 6.45) is -0.828. The Morgan fingerprint density at radius 1 is 1.09 bits per heavy atom. The minimum atomic E-state index is -4.67. The van der Waals surface area contributed by atoms with Crippen molar-refractivity contribution >= 4 is 43.7 Å². The van der Waals surface area contributed by atoms with E-state index in [-0.39, 0.29) is 12.2 Å². The average Bonchev–Trinajstić information content (AvgIpc) is 3.21. The van der Waals surface area contributed by atoms with Crippen LogP contribution in [0.25, 0.3) is 11.2 Å². The third kappa shape index (κ3) is 11.1. The molecule has 0 spiro atoms. The number of aromatic nitrogens is 4. The second kappa shape index (κ2) is 12.4. The van der Waals surface area contributed by atoms with Gasteiger partial charge in [-0.05, 0) is 7.05 Å². The van der Waals surface area contributed by atoms with Gasteiger partial charge in [-0.1, -0.05) is 0 Å². The number of nitrogens with zero attached hydrogens (tertiary/aromatic N) is 5. The van der Waals surface area contributed by atoms with Crippen molar-refractivity contribution in [1.82, 2.24) is 24.4 Å². The molecule has 35 heavy (non-hydrogen) atoms. The highest BCUT2D eigenvalue weighted by Crippen LogP contribution is 2.32. The Bertz CT molecular complexity index is 1160. The first-order valence-electron chi connectivity index (χ1n) is 9.19. The predicted molar refractivity (Wildman–Crippen MR) is 115 cm³/mol. The van der Waals surface area contributed by atoms with Gasteiger partial charge < -0.3 is 31.3 Å². The number of fused-ring (bicyclic) bond motifs is 1. The van der Waals surface area contributed by atoms with Crippen molar-refractivity contribution in [2.24, 2.45) is 5.73 Å². The first kappa shape index (κ1) is 30.4. The highest BCUT2D eigenvalue weighted by atomic mass is 32.3.